The zero-order valence-electron chi connectivity index (χ0n) is 14.4. The standard InChI is InChI=1S/C21H25NO2/c1-3-20(24-17-11-6-8-15(2)14-17)21(23)22-19-13-7-10-16-9-4-5-12-18(16)19/h4-6,8-9,11-12,14,19-20H,3,7,10,13H2,1-2H3,(H,22,23). The molecule has 1 aliphatic rings. The summed E-state index contributed by atoms with van der Waals surface area (Å²) in [7, 11) is 0. The van der Waals surface area contributed by atoms with Gasteiger partial charge in [-0.1, -0.05) is 43.3 Å². The normalized spacial score (nSPS) is 17.7. The summed E-state index contributed by atoms with van der Waals surface area (Å²) in [4.78, 5) is 12.7. The van der Waals surface area contributed by atoms with Gasteiger partial charge in [-0.15, -0.1) is 0 Å². The van der Waals surface area contributed by atoms with Gasteiger partial charge in [0.15, 0.2) is 6.10 Å². The molecule has 0 aromatic heterocycles. The lowest BCUT2D eigenvalue weighted by molar-refractivity contribution is -0.129. The fourth-order valence-electron chi connectivity index (χ4n) is 3.34. The van der Waals surface area contributed by atoms with E-state index in [4.69, 9.17) is 4.74 Å². The molecule has 3 heteroatoms. The number of carbonyl (C=O) groups is 1. The maximum absolute atomic E-state index is 12.7. The molecule has 126 valence electrons. The maximum Gasteiger partial charge on any atom is 0.261 e. The van der Waals surface area contributed by atoms with Crippen molar-refractivity contribution in [2.75, 3.05) is 0 Å². The number of benzene rings is 2. The molecule has 0 spiro atoms. The first-order chi connectivity index (χ1) is 11.7. The van der Waals surface area contributed by atoms with Crippen LogP contribution in [-0.2, 0) is 11.2 Å². The average molecular weight is 323 g/mol. The Morgan fingerprint density at radius 3 is 2.88 bits per heavy atom. The minimum absolute atomic E-state index is 0.0271. The second-order valence-corrected chi connectivity index (χ2v) is 6.48. The molecule has 3 rings (SSSR count). The molecule has 3 nitrogen and oxygen atoms in total. The van der Waals surface area contributed by atoms with Crippen molar-refractivity contribution in [3.05, 3.63) is 65.2 Å². The lowest BCUT2D eigenvalue weighted by Crippen LogP contribution is -2.40. The van der Waals surface area contributed by atoms with E-state index in [2.05, 4.69) is 23.5 Å². The van der Waals surface area contributed by atoms with Crippen molar-refractivity contribution in [1.29, 1.82) is 0 Å². The molecule has 24 heavy (non-hydrogen) atoms. The van der Waals surface area contributed by atoms with Crippen LogP contribution in [-0.4, -0.2) is 12.0 Å². The van der Waals surface area contributed by atoms with E-state index in [1.165, 1.54) is 11.1 Å². The van der Waals surface area contributed by atoms with Gasteiger partial charge in [-0.25, -0.2) is 0 Å². The van der Waals surface area contributed by atoms with Gasteiger partial charge in [0.2, 0.25) is 0 Å². The van der Waals surface area contributed by atoms with Gasteiger partial charge in [-0.05, 0) is 61.4 Å². The van der Waals surface area contributed by atoms with Crippen molar-refractivity contribution in [2.24, 2.45) is 0 Å². The van der Waals surface area contributed by atoms with E-state index in [9.17, 15) is 4.79 Å². The van der Waals surface area contributed by atoms with Crippen molar-refractivity contribution in [1.82, 2.24) is 5.32 Å². The molecule has 0 fully saturated rings. The third kappa shape index (κ3) is 3.78. The molecule has 2 unspecified atom stereocenters. The van der Waals surface area contributed by atoms with Gasteiger partial charge < -0.3 is 10.1 Å². The van der Waals surface area contributed by atoms with E-state index in [0.29, 0.717) is 6.42 Å². The monoisotopic (exact) mass is 323 g/mol. The van der Waals surface area contributed by atoms with Gasteiger partial charge in [0.25, 0.3) is 5.91 Å². The van der Waals surface area contributed by atoms with E-state index in [1.807, 2.05) is 44.2 Å². The fraction of sp³-hybridized carbons (Fsp3) is 0.381. The fourth-order valence-corrected chi connectivity index (χ4v) is 3.34. The SMILES string of the molecule is CCC(Oc1cccc(C)c1)C(=O)NC1CCCc2ccccc21. The van der Waals surface area contributed by atoms with Crippen LogP contribution in [0.25, 0.3) is 0 Å². The van der Waals surface area contributed by atoms with Crippen LogP contribution < -0.4 is 10.1 Å². The molecule has 0 radical (unpaired) electrons. The number of hydrogen-bond acceptors (Lipinski definition) is 2. The Bertz CT molecular complexity index is 710. The summed E-state index contributed by atoms with van der Waals surface area (Å²) in [6.07, 6.45) is 3.38. The third-order valence-electron chi connectivity index (χ3n) is 4.62. The van der Waals surface area contributed by atoms with Crippen molar-refractivity contribution >= 4 is 5.91 Å². The first kappa shape index (κ1) is 16.6. The van der Waals surface area contributed by atoms with Crippen molar-refractivity contribution in [2.45, 2.75) is 51.7 Å². The number of aryl methyl sites for hydroxylation is 2. The highest BCUT2D eigenvalue weighted by Crippen LogP contribution is 2.29. The first-order valence-electron chi connectivity index (χ1n) is 8.79. The van der Waals surface area contributed by atoms with E-state index in [-0.39, 0.29) is 11.9 Å². The summed E-state index contributed by atoms with van der Waals surface area (Å²) in [5.41, 5.74) is 3.73. The molecule has 0 heterocycles. The van der Waals surface area contributed by atoms with Crippen LogP contribution in [0, 0.1) is 6.92 Å². The Morgan fingerprint density at radius 2 is 2.08 bits per heavy atom. The van der Waals surface area contributed by atoms with Gasteiger partial charge in [0.05, 0.1) is 6.04 Å². The summed E-state index contributed by atoms with van der Waals surface area (Å²) in [6, 6.07) is 16.3. The summed E-state index contributed by atoms with van der Waals surface area (Å²) in [5, 5.41) is 3.20. The van der Waals surface area contributed by atoms with Crippen LogP contribution in [0.3, 0.4) is 0 Å². The smallest absolute Gasteiger partial charge is 0.261 e. The first-order valence-corrected chi connectivity index (χ1v) is 8.79. The van der Waals surface area contributed by atoms with Crippen LogP contribution in [0.5, 0.6) is 5.75 Å². The topological polar surface area (TPSA) is 38.3 Å². The highest BCUT2D eigenvalue weighted by Gasteiger charge is 2.25. The van der Waals surface area contributed by atoms with Crippen LogP contribution in [0.1, 0.15) is 48.9 Å². The number of amides is 1. The lowest BCUT2D eigenvalue weighted by atomic mass is 9.87. The summed E-state index contributed by atoms with van der Waals surface area (Å²) >= 11 is 0. The molecule has 0 bridgehead atoms. The maximum atomic E-state index is 12.7. The molecule has 2 atom stereocenters. The van der Waals surface area contributed by atoms with E-state index >= 15 is 0 Å². The number of nitrogens with one attached hydrogen (secondary N) is 1. The second kappa shape index (κ2) is 7.52. The van der Waals surface area contributed by atoms with E-state index in [1.54, 1.807) is 0 Å². The van der Waals surface area contributed by atoms with Gasteiger partial charge in [-0.3, -0.25) is 4.79 Å². The summed E-state index contributed by atoms with van der Waals surface area (Å²) in [6.45, 7) is 4.00. The van der Waals surface area contributed by atoms with Crippen molar-refractivity contribution < 1.29 is 9.53 Å². The van der Waals surface area contributed by atoms with Crippen LogP contribution in [0.2, 0.25) is 0 Å². The number of carbonyl (C=O) groups excluding carboxylic acids is 1. The van der Waals surface area contributed by atoms with E-state index < -0.39 is 6.10 Å². The zero-order valence-corrected chi connectivity index (χ0v) is 14.4. The second-order valence-electron chi connectivity index (χ2n) is 6.48. The number of fused-ring (bicyclic) bond motifs is 1. The quantitative estimate of drug-likeness (QED) is 0.888. The highest BCUT2D eigenvalue weighted by molar-refractivity contribution is 5.81. The molecule has 1 amide bonds. The Morgan fingerprint density at radius 1 is 1.25 bits per heavy atom. The molecule has 0 saturated carbocycles. The molecule has 1 N–H and O–H groups in total. The van der Waals surface area contributed by atoms with E-state index in [0.717, 1.165) is 30.6 Å². The van der Waals surface area contributed by atoms with Crippen LogP contribution in [0.4, 0.5) is 0 Å². The van der Waals surface area contributed by atoms with Crippen LogP contribution in [0.15, 0.2) is 48.5 Å². The van der Waals surface area contributed by atoms with Crippen molar-refractivity contribution in [3.8, 4) is 5.75 Å². The predicted octanol–water partition coefficient (Wildman–Crippen LogP) is 4.35. The minimum Gasteiger partial charge on any atom is -0.481 e. The number of ether oxygens (including phenoxy) is 1. The third-order valence-corrected chi connectivity index (χ3v) is 4.62. The minimum atomic E-state index is -0.458. The molecule has 2 aromatic carbocycles. The molecule has 2 aromatic rings. The lowest BCUT2D eigenvalue weighted by Gasteiger charge is -2.28. The van der Waals surface area contributed by atoms with Crippen LogP contribution >= 0.6 is 0 Å². The molecular formula is C21H25NO2. The predicted molar refractivity (Wildman–Crippen MR) is 96.1 cm³/mol. The molecular weight excluding hydrogens is 298 g/mol. The van der Waals surface area contributed by atoms with Gasteiger partial charge in [-0.2, -0.15) is 0 Å². The number of rotatable bonds is 5. The summed E-state index contributed by atoms with van der Waals surface area (Å²) < 4.78 is 5.92. The highest BCUT2D eigenvalue weighted by atomic mass is 16.5. The van der Waals surface area contributed by atoms with Gasteiger partial charge in [0, 0.05) is 0 Å². The van der Waals surface area contributed by atoms with Gasteiger partial charge >= 0.3 is 0 Å². The Hall–Kier alpha value is -2.29. The zero-order chi connectivity index (χ0) is 16.9. The average Bonchev–Trinajstić information content (AvgIpc) is 2.60. The van der Waals surface area contributed by atoms with Crippen molar-refractivity contribution in [3.63, 3.8) is 0 Å². The molecule has 0 aliphatic heterocycles. The molecule has 0 saturated heterocycles. The Labute approximate surface area is 144 Å². The summed E-state index contributed by atoms with van der Waals surface area (Å²) in [5.74, 6) is 0.724. The van der Waals surface area contributed by atoms with Gasteiger partial charge in [0.1, 0.15) is 5.75 Å². The Kier molecular flexibility index (Phi) is 5.19. The number of hydrogen-bond donors (Lipinski definition) is 1. The largest absolute Gasteiger partial charge is 0.481 e. The Balaban J connectivity index is 1.69. The molecule has 1 aliphatic carbocycles.